The van der Waals surface area contributed by atoms with Crippen molar-refractivity contribution >= 4 is 35.1 Å². The Hall–Kier alpha value is -1.31. The van der Waals surface area contributed by atoms with Gasteiger partial charge in [-0.25, -0.2) is 9.78 Å². The van der Waals surface area contributed by atoms with Crippen molar-refractivity contribution in [2.45, 2.75) is 52.4 Å². The van der Waals surface area contributed by atoms with Gasteiger partial charge in [0.2, 0.25) is 5.28 Å². The highest BCUT2D eigenvalue weighted by Gasteiger charge is 2.33. The molecule has 0 unspecified atom stereocenters. The summed E-state index contributed by atoms with van der Waals surface area (Å²) < 4.78 is 5.28. The van der Waals surface area contributed by atoms with Crippen molar-refractivity contribution in [2.24, 2.45) is 0 Å². The van der Waals surface area contributed by atoms with Gasteiger partial charge in [0.15, 0.2) is 16.7 Å². The lowest BCUT2D eigenvalue weighted by atomic mass is 10.1. The Labute approximate surface area is 138 Å². The Morgan fingerprint density at radius 3 is 2.27 bits per heavy atom. The smallest absolute Gasteiger partial charge is 0.416 e. The second-order valence-electron chi connectivity index (χ2n) is 5.79. The Morgan fingerprint density at radius 2 is 1.82 bits per heavy atom. The van der Waals surface area contributed by atoms with E-state index in [1.165, 1.54) is 6.92 Å². The maximum atomic E-state index is 12.4. The van der Waals surface area contributed by atoms with E-state index in [-0.39, 0.29) is 16.3 Å². The molecular weight excluding hydrogens is 333 g/mol. The lowest BCUT2D eigenvalue weighted by Crippen LogP contribution is -2.47. The van der Waals surface area contributed by atoms with Gasteiger partial charge in [0, 0.05) is 0 Å². The van der Waals surface area contributed by atoms with Crippen LogP contribution in [0.15, 0.2) is 0 Å². The van der Waals surface area contributed by atoms with Gasteiger partial charge in [-0.2, -0.15) is 4.98 Å². The van der Waals surface area contributed by atoms with Gasteiger partial charge < -0.3 is 14.9 Å². The van der Waals surface area contributed by atoms with Crippen LogP contribution in [0.3, 0.4) is 0 Å². The molecule has 0 aliphatic heterocycles. The molecule has 0 saturated heterocycles. The molecule has 2 atom stereocenters. The Kier molecular flexibility index (Phi) is 5.83. The Bertz CT molecular complexity index is 561. The number of carbonyl (C=O) groups is 1. The molecule has 22 heavy (non-hydrogen) atoms. The normalized spacial score (nSPS) is 14.4. The van der Waals surface area contributed by atoms with Crippen LogP contribution in [0.4, 0.5) is 10.6 Å². The second-order valence-corrected chi connectivity index (χ2v) is 6.48. The summed E-state index contributed by atoms with van der Waals surface area (Å²) in [6.07, 6.45) is -1.72. The first-order valence-electron chi connectivity index (χ1n) is 6.56. The topological polar surface area (TPSA) is 95.8 Å². The molecule has 0 aliphatic carbocycles. The summed E-state index contributed by atoms with van der Waals surface area (Å²) in [4.78, 5) is 20.8. The van der Waals surface area contributed by atoms with Gasteiger partial charge in [-0.15, -0.1) is 0 Å². The number of carbonyl (C=O) groups excluding carboxylic acids is 1. The summed E-state index contributed by atoms with van der Waals surface area (Å²) >= 11 is 11.5. The molecular formula is C13H19Cl2N3O4. The lowest BCUT2D eigenvalue weighted by Gasteiger charge is -2.32. The van der Waals surface area contributed by atoms with E-state index in [1.54, 1.807) is 27.7 Å². The largest absolute Gasteiger partial charge is 0.502 e. The van der Waals surface area contributed by atoms with E-state index in [2.05, 4.69) is 9.97 Å². The molecule has 0 bridgehead atoms. The van der Waals surface area contributed by atoms with Crippen molar-refractivity contribution in [3.8, 4) is 5.75 Å². The molecule has 9 heteroatoms. The van der Waals surface area contributed by atoms with Gasteiger partial charge >= 0.3 is 6.09 Å². The van der Waals surface area contributed by atoms with Crippen molar-refractivity contribution in [3.05, 3.63) is 10.4 Å². The molecule has 1 aromatic rings. The number of aromatic hydroxyl groups is 1. The number of aliphatic hydroxyl groups excluding tert-OH is 1. The number of amides is 1. The minimum atomic E-state index is -0.917. The Morgan fingerprint density at radius 1 is 1.27 bits per heavy atom. The number of aromatic nitrogens is 2. The zero-order valence-electron chi connectivity index (χ0n) is 13.0. The van der Waals surface area contributed by atoms with Crippen LogP contribution in [-0.4, -0.2) is 44.0 Å². The van der Waals surface area contributed by atoms with Gasteiger partial charge in [-0.05, 0) is 46.2 Å². The highest BCUT2D eigenvalue weighted by molar-refractivity contribution is 6.33. The molecule has 1 rings (SSSR count). The number of hydrogen-bond acceptors (Lipinski definition) is 6. The molecule has 1 amide bonds. The fourth-order valence-electron chi connectivity index (χ4n) is 1.53. The van der Waals surface area contributed by atoms with E-state index in [4.69, 9.17) is 27.9 Å². The number of hydrogen-bond donors (Lipinski definition) is 2. The molecule has 1 aromatic heterocycles. The molecule has 0 aromatic carbocycles. The maximum Gasteiger partial charge on any atom is 0.416 e. The van der Waals surface area contributed by atoms with Gasteiger partial charge in [-0.1, -0.05) is 11.6 Å². The highest BCUT2D eigenvalue weighted by atomic mass is 35.5. The van der Waals surface area contributed by atoms with Crippen LogP contribution in [0, 0.1) is 0 Å². The molecule has 7 nitrogen and oxygen atoms in total. The fraction of sp³-hybridized carbons (Fsp3) is 0.615. The maximum absolute atomic E-state index is 12.4. The van der Waals surface area contributed by atoms with Gasteiger partial charge in [0.25, 0.3) is 0 Å². The van der Waals surface area contributed by atoms with E-state index in [0.717, 1.165) is 4.90 Å². The number of rotatable bonds is 3. The summed E-state index contributed by atoms with van der Waals surface area (Å²) in [5.41, 5.74) is -0.774. The standard InChI is InChI=1S/C13H19Cl2N3O4/c1-6(7(2)19)18(12(21)22-13(3,4)5)10-8(20)9(14)16-11(15)17-10/h6-7,19-20H,1-5H3/t6-,7+/m1/s1. The zero-order chi connectivity index (χ0) is 17.2. The number of ether oxygens (including phenoxy) is 1. The second kappa shape index (κ2) is 6.85. The van der Waals surface area contributed by atoms with E-state index in [1.807, 2.05) is 0 Å². The predicted molar refractivity (Wildman–Crippen MR) is 83.6 cm³/mol. The lowest BCUT2D eigenvalue weighted by molar-refractivity contribution is 0.0525. The average Bonchev–Trinajstić information content (AvgIpc) is 2.32. The first-order chi connectivity index (χ1) is 9.94. The predicted octanol–water partition coefficient (Wildman–Crippen LogP) is 3.00. The van der Waals surface area contributed by atoms with Crippen molar-refractivity contribution in [2.75, 3.05) is 4.90 Å². The van der Waals surface area contributed by atoms with Crippen LogP contribution < -0.4 is 4.90 Å². The fourth-order valence-corrected chi connectivity index (χ4v) is 1.90. The molecule has 2 N–H and O–H groups in total. The van der Waals surface area contributed by atoms with E-state index in [9.17, 15) is 15.0 Å². The van der Waals surface area contributed by atoms with Crippen LogP contribution in [0.2, 0.25) is 10.4 Å². The Balaban J connectivity index is 3.36. The number of anilines is 1. The first kappa shape index (κ1) is 18.7. The summed E-state index contributed by atoms with van der Waals surface area (Å²) in [7, 11) is 0. The summed E-state index contributed by atoms with van der Waals surface area (Å²) in [5.74, 6) is -0.753. The average molecular weight is 352 g/mol. The number of nitrogens with zero attached hydrogens (tertiary/aromatic N) is 3. The van der Waals surface area contributed by atoms with Gasteiger partial charge in [0.1, 0.15) is 5.60 Å². The summed E-state index contributed by atoms with van der Waals surface area (Å²) in [6.45, 7) is 8.13. The van der Waals surface area contributed by atoms with Crippen LogP contribution >= 0.6 is 23.2 Å². The van der Waals surface area contributed by atoms with Crippen LogP contribution in [0.25, 0.3) is 0 Å². The number of aliphatic hydroxyl groups is 1. The van der Waals surface area contributed by atoms with E-state index < -0.39 is 29.6 Å². The SMILES string of the molecule is C[C@H](O)[C@@H](C)N(C(=O)OC(C)(C)C)c1nc(Cl)nc(Cl)c1O. The third-order valence-corrected chi connectivity index (χ3v) is 3.15. The van der Waals surface area contributed by atoms with Gasteiger partial charge in [0.05, 0.1) is 12.1 Å². The summed E-state index contributed by atoms with van der Waals surface area (Å²) in [6, 6.07) is -0.747. The summed E-state index contributed by atoms with van der Waals surface area (Å²) in [5, 5.41) is 19.3. The first-order valence-corrected chi connectivity index (χ1v) is 7.32. The molecule has 0 aliphatic rings. The van der Waals surface area contributed by atoms with E-state index >= 15 is 0 Å². The van der Waals surface area contributed by atoms with Crippen molar-refractivity contribution < 1.29 is 19.7 Å². The van der Waals surface area contributed by atoms with Crippen LogP contribution in [-0.2, 0) is 4.74 Å². The minimum Gasteiger partial charge on any atom is -0.502 e. The van der Waals surface area contributed by atoms with Gasteiger partial charge in [-0.3, -0.25) is 4.90 Å². The van der Waals surface area contributed by atoms with Crippen LogP contribution in [0.1, 0.15) is 34.6 Å². The van der Waals surface area contributed by atoms with Crippen LogP contribution in [0.5, 0.6) is 5.75 Å². The molecule has 0 fully saturated rings. The minimum absolute atomic E-state index is 0.229. The van der Waals surface area contributed by atoms with Crippen molar-refractivity contribution in [1.29, 1.82) is 0 Å². The molecule has 1 heterocycles. The van der Waals surface area contributed by atoms with E-state index in [0.29, 0.717) is 0 Å². The molecule has 0 radical (unpaired) electrons. The van der Waals surface area contributed by atoms with Crippen molar-refractivity contribution in [3.63, 3.8) is 0 Å². The number of halogens is 2. The molecule has 0 saturated carbocycles. The monoisotopic (exact) mass is 351 g/mol. The van der Waals surface area contributed by atoms with Crippen molar-refractivity contribution in [1.82, 2.24) is 9.97 Å². The highest BCUT2D eigenvalue weighted by Crippen LogP contribution is 2.34. The third-order valence-electron chi connectivity index (χ3n) is 2.72. The molecule has 0 spiro atoms. The zero-order valence-corrected chi connectivity index (χ0v) is 14.5. The quantitative estimate of drug-likeness (QED) is 0.641. The third kappa shape index (κ3) is 4.59. The molecule has 124 valence electrons.